The van der Waals surface area contributed by atoms with Crippen LogP contribution in [0.3, 0.4) is 0 Å². The number of para-hydroxylation sites is 1. The van der Waals surface area contributed by atoms with E-state index in [1.165, 1.54) is 0 Å². The molecule has 0 saturated carbocycles. The molecule has 1 aromatic carbocycles. The zero-order chi connectivity index (χ0) is 15.2. The van der Waals surface area contributed by atoms with Crippen LogP contribution < -0.4 is 10.5 Å². The molecule has 0 aliphatic carbocycles. The number of aliphatic imine (C=N–C) groups is 1. The molecule has 2 N–H and O–H groups in total. The van der Waals surface area contributed by atoms with Crippen LogP contribution in [0.5, 0.6) is 5.75 Å². The Kier molecular flexibility index (Phi) is 8.48. The van der Waals surface area contributed by atoms with Crippen molar-refractivity contribution in [2.75, 3.05) is 26.2 Å². The third kappa shape index (κ3) is 5.92. The molecule has 0 radical (unpaired) electrons. The molecule has 5 nitrogen and oxygen atoms in total. The van der Waals surface area contributed by atoms with Gasteiger partial charge in [0.2, 0.25) is 0 Å². The molecule has 22 heavy (non-hydrogen) atoms. The summed E-state index contributed by atoms with van der Waals surface area (Å²) in [6.45, 7) is 6.82. The van der Waals surface area contributed by atoms with Gasteiger partial charge in [-0.05, 0) is 41.9 Å². The van der Waals surface area contributed by atoms with Crippen LogP contribution in [-0.2, 0) is 4.74 Å². The number of nitrogens with zero attached hydrogens (tertiary/aromatic N) is 2. The highest BCUT2D eigenvalue weighted by molar-refractivity contribution is 14.0. The lowest BCUT2D eigenvalue weighted by Gasteiger charge is -2.32. The van der Waals surface area contributed by atoms with Crippen LogP contribution >= 0.6 is 39.9 Å². The van der Waals surface area contributed by atoms with Crippen molar-refractivity contribution < 1.29 is 9.47 Å². The minimum absolute atomic E-state index is 0. The monoisotopic (exact) mass is 483 g/mol. The molecule has 1 heterocycles. The second-order valence-corrected chi connectivity index (χ2v) is 6.04. The van der Waals surface area contributed by atoms with E-state index in [9.17, 15) is 0 Å². The van der Waals surface area contributed by atoms with E-state index in [1.54, 1.807) is 0 Å². The fourth-order valence-corrected chi connectivity index (χ4v) is 2.52. The molecule has 2 unspecified atom stereocenters. The van der Waals surface area contributed by atoms with Crippen molar-refractivity contribution in [3.63, 3.8) is 0 Å². The fourth-order valence-electron chi connectivity index (χ4n) is 2.14. The molecule has 0 spiro atoms. The topological polar surface area (TPSA) is 60.1 Å². The molecule has 1 fully saturated rings. The standard InChI is InChI=1S/C15H22BrN3O2.HI/c1-11(21-14-6-4-3-5-13(14)16)9-18-15(17)19-7-8-20-12(2)10-19;/h3-6,11-12H,7-10H2,1-2H3,(H2,17,18);1H. The number of ether oxygens (including phenoxy) is 2. The van der Waals surface area contributed by atoms with E-state index in [-0.39, 0.29) is 36.2 Å². The first-order chi connectivity index (χ1) is 10.1. The third-order valence-electron chi connectivity index (χ3n) is 3.24. The molecule has 0 bridgehead atoms. The lowest BCUT2D eigenvalue weighted by molar-refractivity contribution is 0.00525. The van der Waals surface area contributed by atoms with Crippen LogP contribution in [0.1, 0.15) is 13.8 Å². The minimum Gasteiger partial charge on any atom is -0.488 e. The molecular formula is C15H23BrIN3O2. The summed E-state index contributed by atoms with van der Waals surface area (Å²) >= 11 is 3.47. The maximum Gasteiger partial charge on any atom is 0.191 e. The molecule has 7 heteroatoms. The van der Waals surface area contributed by atoms with Gasteiger partial charge >= 0.3 is 0 Å². The van der Waals surface area contributed by atoms with Crippen molar-refractivity contribution >= 4 is 45.9 Å². The third-order valence-corrected chi connectivity index (χ3v) is 3.90. The van der Waals surface area contributed by atoms with E-state index in [1.807, 2.05) is 38.1 Å². The first kappa shape index (κ1) is 19.5. The number of halogens is 2. The maximum atomic E-state index is 6.04. The number of hydrogen-bond acceptors (Lipinski definition) is 3. The molecule has 1 saturated heterocycles. The van der Waals surface area contributed by atoms with Gasteiger partial charge in [0.05, 0.1) is 23.7 Å². The summed E-state index contributed by atoms with van der Waals surface area (Å²) in [5.74, 6) is 1.38. The molecule has 124 valence electrons. The highest BCUT2D eigenvalue weighted by Gasteiger charge is 2.18. The number of guanidine groups is 1. The SMILES string of the molecule is CC1CN(C(N)=NCC(C)Oc2ccccc2Br)CCO1.I. The summed E-state index contributed by atoms with van der Waals surface area (Å²) in [5, 5.41) is 0. The molecule has 2 rings (SSSR count). The Morgan fingerprint density at radius 3 is 2.95 bits per heavy atom. The second kappa shape index (κ2) is 9.57. The van der Waals surface area contributed by atoms with Crippen molar-refractivity contribution in [1.82, 2.24) is 4.90 Å². The number of hydrogen-bond donors (Lipinski definition) is 1. The van der Waals surface area contributed by atoms with Gasteiger partial charge in [-0.25, -0.2) is 4.99 Å². The summed E-state index contributed by atoms with van der Waals surface area (Å²) in [7, 11) is 0. The van der Waals surface area contributed by atoms with E-state index in [0.29, 0.717) is 19.1 Å². The Hall–Kier alpha value is -0.540. The van der Waals surface area contributed by atoms with Crippen LogP contribution in [-0.4, -0.2) is 49.3 Å². The lowest BCUT2D eigenvalue weighted by Crippen LogP contribution is -2.48. The first-order valence-electron chi connectivity index (χ1n) is 7.14. The smallest absolute Gasteiger partial charge is 0.191 e. The van der Waals surface area contributed by atoms with E-state index in [0.717, 1.165) is 23.3 Å². The maximum absolute atomic E-state index is 6.04. The Balaban J connectivity index is 0.00000242. The molecule has 1 aliphatic rings. The van der Waals surface area contributed by atoms with Gasteiger partial charge in [-0.15, -0.1) is 24.0 Å². The molecule has 2 atom stereocenters. The van der Waals surface area contributed by atoms with Gasteiger partial charge in [0.25, 0.3) is 0 Å². The molecule has 0 amide bonds. The summed E-state index contributed by atoms with van der Waals surface area (Å²) in [4.78, 5) is 6.49. The Bertz CT molecular complexity index is 501. The Morgan fingerprint density at radius 1 is 1.55 bits per heavy atom. The van der Waals surface area contributed by atoms with Crippen molar-refractivity contribution in [3.8, 4) is 5.75 Å². The number of nitrogens with two attached hydrogens (primary N) is 1. The quantitative estimate of drug-likeness (QED) is 0.406. The summed E-state index contributed by atoms with van der Waals surface area (Å²) in [5.41, 5.74) is 6.04. The zero-order valence-electron chi connectivity index (χ0n) is 12.9. The van der Waals surface area contributed by atoms with Gasteiger partial charge < -0.3 is 20.1 Å². The number of rotatable bonds is 4. The molecular weight excluding hydrogens is 461 g/mol. The molecule has 0 aromatic heterocycles. The average molecular weight is 484 g/mol. The highest BCUT2D eigenvalue weighted by Crippen LogP contribution is 2.24. The van der Waals surface area contributed by atoms with E-state index in [4.69, 9.17) is 15.2 Å². The van der Waals surface area contributed by atoms with Crippen LogP contribution in [0.25, 0.3) is 0 Å². The largest absolute Gasteiger partial charge is 0.488 e. The van der Waals surface area contributed by atoms with Gasteiger partial charge in [0.15, 0.2) is 5.96 Å². The van der Waals surface area contributed by atoms with Crippen LogP contribution in [0.4, 0.5) is 0 Å². The van der Waals surface area contributed by atoms with Crippen molar-refractivity contribution in [3.05, 3.63) is 28.7 Å². The highest BCUT2D eigenvalue weighted by atomic mass is 127. The number of benzene rings is 1. The van der Waals surface area contributed by atoms with Crippen LogP contribution in [0.15, 0.2) is 33.7 Å². The average Bonchev–Trinajstić information content (AvgIpc) is 2.47. The normalized spacial score (nSPS) is 20.2. The van der Waals surface area contributed by atoms with Crippen LogP contribution in [0, 0.1) is 0 Å². The van der Waals surface area contributed by atoms with Gasteiger partial charge in [-0.3, -0.25) is 0 Å². The van der Waals surface area contributed by atoms with Crippen LogP contribution in [0.2, 0.25) is 0 Å². The molecule has 1 aliphatic heterocycles. The van der Waals surface area contributed by atoms with E-state index in [2.05, 4.69) is 25.8 Å². The van der Waals surface area contributed by atoms with Gasteiger partial charge in [0.1, 0.15) is 11.9 Å². The molecule has 1 aromatic rings. The lowest BCUT2D eigenvalue weighted by atomic mass is 10.3. The minimum atomic E-state index is -0.0410. The van der Waals surface area contributed by atoms with Crippen molar-refractivity contribution in [2.24, 2.45) is 10.7 Å². The fraction of sp³-hybridized carbons (Fsp3) is 0.533. The van der Waals surface area contributed by atoms with Gasteiger partial charge in [-0.1, -0.05) is 12.1 Å². The zero-order valence-corrected chi connectivity index (χ0v) is 16.8. The summed E-state index contributed by atoms with van der Waals surface area (Å²) < 4.78 is 12.3. The second-order valence-electron chi connectivity index (χ2n) is 5.19. The van der Waals surface area contributed by atoms with E-state index >= 15 is 0 Å². The number of morpholine rings is 1. The predicted molar refractivity (Wildman–Crippen MR) is 103 cm³/mol. The Morgan fingerprint density at radius 2 is 2.27 bits per heavy atom. The van der Waals surface area contributed by atoms with Gasteiger partial charge in [0, 0.05) is 13.1 Å². The summed E-state index contributed by atoms with van der Waals surface area (Å²) in [6, 6.07) is 7.78. The van der Waals surface area contributed by atoms with Gasteiger partial charge in [-0.2, -0.15) is 0 Å². The summed E-state index contributed by atoms with van der Waals surface area (Å²) in [6.07, 6.45) is 0.155. The Labute approximate surface area is 157 Å². The van der Waals surface area contributed by atoms with Crippen molar-refractivity contribution in [2.45, 2.75) is 26.1 Å². The van der Waals surface area contributed by atoms with E-state index < -0.39 is 0 Å². The predicted octanol–water partition coefficient (Wildman–Crippen LogP) is 2.87. The first-order valence-corrected chi connectivity index (χ1v) is 7.93. The van der Waals surface area contributed by atoms with Crippen molar-refractivity contribution in [1.29, 1.82) is 0 Å².